The van der Waals surface area contributed by atoms with Gasteiger partial charge in [-0.15, -0.1) is 0 Å². The maximum atomic E-state index is 12.0. The lowest BCUT2D eigenvalue weighted by atomic mass is 10.1. The predicted molar refractivity (Wildman–Crippen MR) is 83.1 cm³/mol. The fourth-order valence-corrected chi connectivity index (χ4v) is 2.80. The van der Waals surface area contributed by atoms with Crippen LogP contribution >= 0.6 is 15.9 Å². The highest BCUT2D eigenvalue weighted by Gasteiger charge is 2.13. The van der Waals surface area contributed by atoms with E-state index in [2.05, 4.69) is 26.6 Å². The third-order valence-electron chi connectivity index (χ3n) is 3.46. The zero-order chi connectivity index (χ0) is 14.4. The van der Waals surface area contributed by atoms with E-state index < -0.39 is 0 Å². The first-order valence-corrected chi connectivity index (χ1v) is 7.83. The van der Waals surface area contributed by atoms with Crippen LogP contribution in [-0.4, -0.2) is 38.3 Å². The van der Waals surface area contributed by atoms with E-state index >= 15 is 0 Å². The number of hydrogen-bond donors (Lipinski definition) is 2. The molecule has 0 unspecified atom stereocenters. The Labute approximate surface area is 128 Å². The van der Waals surface area contributed by atoms with Crippen molar-refractivity contribution in [3.05, 3.63) is 33.8 Å². The minimum absolute atomic E-state index is 0.0380. The number of amides is 1. The highest BCUT2D eigenvalue weighted by atomic mass is 79.9. The van der Waals surface area contributed by atoms with Crippen LogP contribution in [0.3, 0.4) is 0 Å². The predicted octanol–water partition coefficient (Wildman–Crippen LogP) is 2.26. The number of nitrogens with one attached hydrogen (secondary N) is 2. The number of halogens is 1. The molecule has 0 bridgehead atoms. The molecular weight excluding hydrogens is 320 g/mol. The highest BCUT2D eigenvalue weighted by Crippen LogP contribution is 2.15. The first kappa shape index (κ1) is 15.5. The molecule has 1 amide bonds. The average molecular weight is 341 g/mol. The maximum absolute atomic E-state index is 12.0. The second-order valence-electron chi connectivity index (χ2n) is 5.04. The number of carbonyl (C=O) groups excluding carboxylic acids is 1. The molecule has 0 atom stereocenters. The molecule has 2 N–H and O–H groups in total. The van der Waals surface area contributed by atoms with E-state index in [1.54, 1.807) is 0 Å². The fraction of sp³-hybridized carbons (Fsp3) is 0.533. The van der Waals surface area contributed by atoms with Crippen molar-refractivity contribution in [3.63, 3.8) is 0 Å². The molecule has 0 spiro atoms. The van der Waals surface area contributed by atoms with Crippen molar-refractivity contribution in [1.29, 1.82) is 0 Å². The molecule has 110 valence electrons. The van der Waals surface area contributed by atoms with Crippen LogP contribution in [0.15, 0.2) is 22.7 Å². The van der Waals surface area contributed by atoms with Crippen LogP contribution in [0.2, 0.25) is 0 Å². The van der Waals surface area contributed by atoms with E-state index in [4.69, 9.17) is 4.74 Å². The number of carbonyl (C=O) groups is 1. The molecule has 1 aromatic carbocycles. The van der Waals surface area contributed by atoms with Crippen molar-refractivity contribution < 1.29 is 9.53 Å². The van der Waals surface area contributed by atoms with E-state index in [1.807, 2.05) is 25.1 Å². The van der Waals surface area contributed by atoms with Gasteiger partial charge in [0, 0.05) is 16.6 Å². The second-order valence-corrected chi connectivity index (χ2v) is 5.95. The minimum atomic E-state index is -0.0380. The summed E-state index contributed by atoms with van der Waals surface area (Å²) in [4.78, 5) is 12.0. The molecule has 1 saturated heterocycles. The lowest BCUT2D eigenvalue weighted by molar-refractivity contribution is 0.0343. The first-order valence-electron chi connectivity index (χ1n) is 7.03. The van der Waals surface area contributed by atoms with Crippen molar-refractivity contribution in [1.82, 2.24) is 10.6 Å². The molecule has 1 aliphatic heterocycles. The first-order chi connectivity index (χ1) is 9.66. The Balaban J connectivity index is 1.72. The number of benzene rings is 1. The summed E-state index contributed by atoms with van der Waals surface area (Å²) >= 11 is 3.40. The summed E-state index contributed by atoms with van der Waals surface area (Å²) in [6.45, 7) is 5.11. The van der Waals surface area contributed by atoms with Gasteiger partial charge in [-0.05, 0) is 56.6 Å². The molecule has 5 heteroatoms. The Morgan fingerprint density at radius 2 is 2.20 bits per heavy atom. The van der Waals surface area contributed by atoms with Crippen molar-refractivity contribution in [2.45, 2.75) is 25.9 Å². The third kappa shape index (κ3) is 4.58. The SMILES string of the molecule is Cc1cc(Br)ccc1C(=O)NCCOC1CCNCC1. The number of aryl methyl sites for hydroxylation is 1. The maximum Gasteiger partial charge on any atom is 0.251 e. The normalized spacial score (nSPS) is 16.1. The van der Waals surface area contributed by atoms with Crippen LogP contribution in [0, 0.1) is 6.92 Å². The topological polar surface area (TPSA) is 50.4 Å². The Kier molecular flexibility index (Phi) is 6.01. The van der Waals surface area contributed by atoms with E-state index in [1.165, 1.54) is 0 Å². The Hall–Kier alpha value is -0.910. The van der Waals surface area contributed by atoms with Gasteiger partial charge in [-0.25, -0.2) is 0 Å². The molecule has 0 aromatic heterocycles. The van der Waals surface area contributed by atoms with Gasteiger partial charge in [0.05, 0.1) is 12.7 Å². The van der Waals surface area contributed by atoms with Gasteiger partial charge in [-0.3, -0.25) is 4.79 Å². The summed E-state index contributed by atoms with van der Waals surface area (Å²) in [7, 11) is 0. The van der Waals surface area contributed by atoms with Crippen molar-refractivity contribution in [2.75, 3.05) is 26.2 Å². The standard InChI is InChI=1S/C15H21BrN2O2/c1-11-10-12(16)2-3-14(11)15(19)18-8-9-20-13-4-6-17-7-5-13/h2-3,10,13,17H,4-9H2,1H3,(H,18,19). The Morgan fingerprint density at radius 3 is 2.90 bits per heavy atom. The fourth-order valence-electron chi connectivity index (χ4n) is 2.33. The van der Waals surface area contributed by atoms with Gasteiger partial charge >= 0.3 is 0 Å². The largest absolute Gasteiger partial charge is 0.376 e. The zero-order valence-electron chi connectivity index (χ0n) is 11.7. The van der Waals surface area contributed by atoms with Crippen molar-refractivity contribution >= 4 is 21.8 Å². The van der Waals surface area contributed by atoms with E-state index in [0.717, 1.165) is 41.5 Å². The van der Waals surface area contributed by atoms with Crippen LogP contribution in [0.25, 0.3) is 0 Å². The molecule has 0 aliphatic carbocycles. The summed E-state index contributed by atoms with van der Waals surface area (Å²) in [6, 6.07) is 5.66. The molecule has 0 radical (unpaired) electrons. The molecule has 1 aromatic rings. The van der Waals surface area contributed by atoms with Crippen LogP contribution in [-0.2, 0) is 4.74 Å². The monoisotopic (exact) mass is 340 g/mol. The van der Waals surface area contributed by atoms with E-state index in [-0.39, 0.29) is 5.91 Å². The molecule has 2 rings (SSSR count). The van der Waals surface area contributed by atoms with Gasteiger partial charge < -0.3 is 15.4 Å². The quantitative estimate of drug-likeness (QED) is 0.808. The molecule has 1 fully saturated rings. The van der Waals surface area contributed by atoms with Gasteiger partial charge in [-0.2, -0.15) is 0 Å². The van der Waals surface area contributed by atoms with E-state index in [9.17, 15) is 4.79 Å². The van der Waals surface area contributed by atoms with Gasteiger partial charge in [0.25, 0.3) is 5.91 Å². The zero-order valence-corrected chi connectivity index (χ0v) is 13.3. The third-order valence-corrected chi connectivity index (χ3v) is 3.95. The lowest BCUT2D eigenvalue weighted by Gasteiger charge is -2.23. The molecular formula is C15H21BrN2O2. The van der Waals surface area contributed by atoms with Gasteiger partial charge in [0.2, 0.25) is 0 Å². The van der Waals surface area contributed by atoms with Crippen LogP contribution in [0.4, 0.5) is 0 Å². The summed E-state index contributed by atoms with van der Waals surface area (Å²) in [6.07, 6.45) is 2.45. The average Bonchev–Trinajstić information content (AvgIpc) is 2.44. The molecule has 20 heavy (non-hydrogen) atoms. The van der Waals surface area contributed by atoms with E-state index in [0.29, 0.717) is 19.3 Å². The highest BCUT2D eigenvalue weighted by molar-refractivity contribution is 9.10. The van der Waals surface area contributed by atoms with Gasteiger partial charge in [0.15, 0.2) is 0 Å². The molecule has 1 heterocycles. The molecule has 0 saturated carbocycles. The number of ether oxygens (including phenoxy) is 1. The summed E-state index contributed by atoms with van der Waals surface area (Å²) in [5.41, 5.74) is 1.69. The Bertz CT molecular complexity index is 459. The summed E-state index contributed by atoms with van der Waals surface area (Å²) < 4.78 is 6.74. The summed E-state index contributed by atoms with van der Waals surface area (Å²) in [5.74, 6) is -0.0380. The van der Waals surface area contributed by atoms with Gasteiger partial charge in [-0.1, -0.05) is 15.9 Å². The lowest BCUT2D eigenvalue weighted by Crippen LogP contribution is -2.34. The van der Waals surface area contributed by atoms with Crippen molar-refractivity contribution in [3.8, 4) is 0 Å². The van der Waals surface area contributed by atoms with Crippen LogP contribution < -0.4 is 10.6 Å². The second kappa shape index (κ2) is 7.76. The number of piperidine rings is 1. The van der Waals surface area contributed by atoms with Crippen LogP contribution in [0.1, 0.15) is 28.8 Å². The van der Waals surface area contributed by atoms with Gasteiger partial charge in [0.1, 0.15) is 0 Å². The Morgan fingerprint density at radius 1 is 1.45 bits per heavy atom. The smallest absolute Gasteiger partial charge is 0.251 e. The van der Waals surface area contributed by atoms with Crippen LogP contribution in [0.5, 0.6) is 0 Å². The number of rotatable bonds is 5. The number of hydrogen-bond acceptors (Lipinski definition) is 3. The molecule has 1 aliphatic rings. The minimum Gasteiger partial charge on any atom is -0.376 e. The molecule has 4 nitrogen and oxygen atoms in total. The van der Waals surface area contributed by atoms with Crippen molar-refractivity contribution in [2.24, 2.45) is 0 Å². The summed E-state index contributed by atoms with van der Waals surface area (Å²) in [5, 5.41) is 6.21.